The number of nitrogens with two attached hydrogens (primary N) is 1. The van der Waals surface area contributed by atoms with Crippen molar-refractivity contribution in [3.63, 3.8) is 0 Å². The lowest BCUT2D eigenvalue weighted by molar-refractivity contribution is -0.121. The zero-order valence-electron chi connectivity index (χ0n) is 9.99. The van der Waals surface area contributed by atoms with Crippen LogP contribution in [0.15, 0.2) is 0 Å². The average molecular weight is 272 g/mol. The molecule has 1 heterocycles. The van der Waals surface area contributed by atoms with Crippen molar-refractivity contribution in [3.05, 3.63) is 0 Å². The van der Waals surface area contributed by atoms with Gasteiger partial charge in [-0.1, -0.05) is 6.92 Å². The van der Waals surface area contributed by atoms with E-state index in [-0.39, 0.29) is 36.4 Å². The number of carbonyl (C=O) groups is 1. The van der Waals surface area contributed by atoms with E-state index in [1.165, 1.54) is 12.8 Å². The fourth-order valence-corrected chi connectivity index (χ4v) is 1.74. The molecule has 0 aliphatic carbocycles. The van der Waals surface area contributed by atoms with Crippen molar-refractivity contribution in [2.45, 2.75) is 38.8 Å². The maximum Gasteiger partial charge on any atom is 0.219 e. The van der Waals surface area contributed by atoms with Crippen LogP contribution in [-0.2, 0) is 4.79 Å². The SMILES string of the molecule is CCC(=O)NCC(C)(N)N1CCCC1.Cl.Cl. The number of likely N-dealkylation sites (tertiary alicyclic amines) is 1. The lowest BCUT2D eigenvalue weighted by Crippen LogP contribution is -2.59. The smallest absolute Gasteiger partial charge is 0.219 e. The van der Waals surface area contributed by atoms with E-state index in [0.717, 1.165) is 13.1 Å². The van der Waals surface area contributed by atoms with Crippen LogP contribution in [0.25, 0.3) is 0 Å². The molecule has 6 heteroatoms. The standard InChI is InChI=1S/C10H21N3O.2ClH/c1-3-9(14)12-8-10(2,11)13-6-4-5-7-13;;/h3-8,11H2,1-2H3,(H,12,14);2*1H. The molecule has 0 aromatic carbocycles. The molecule has 98 valence electrons. The topological polar surface area (TPSA) is 58.4 Å². The summed E-state index contributed by atoms with van der Waals surface area (Å²) < 4.78 is 0. The van der Waals surface area contributed by atoms with Gasteiger partial charge in [-0.05, 0) is 32.9 Å². The highest BCUT2D eigenvalue weighted by molar-refractivity contribution is 5.85. The van der Waals surface area contributed by atoms with Gasteiger partial charge in [-0.15, -0.1) is 24.8 Å². The Kier molecular flexibility index (Phi) is 9.30. The number of nitrogens with zero attached hydrogens (tertiary/aromatic N) is 1. The van der Waals surface area contributed by atoms with Gasteiger partial charge in [0.05, 0.1) is 5.66 Å². The van der Waals surface area contributed by atoms with Gasteiger partial charge in [-0.2, -0.15) is 0 Å². The summed E-state index contributed by atoms with van der Waals surface area (Å²) in [5.74, 6) is 0.0703. The first-order chi connectivity index (χ1) is 6.56. The van der Waals surface area contributed by atoms with E-state index in [1.807, 2.05) is 13.8 Å². The lowest BCUT2D eigenvalue weighted by atomic mass is 10.2. The van der Waals surface area contributed by atoms with Gasteiger partial charge in [0.1, 0.15) is 0 Å². The van der Waals surface area contributed by atoms with Crippen LogP contribution >= 0.6 is 24.8 Å². The van der Waals surface area contributed by atoms with Gasteiger partial charge in [0.2, 0.25) is 5.91 Å². The molecule has 1 aliphatic heterocycles. The first-order valence-electron chi connectivity index (χ1n) is 5.37. The number of hydrogen-bond acceptors (Lipinski definition) is 3. The predicted molar refractivity (Wildman–Crippen MR) is 71.2 cm³/mol. The van der Waals surface area contributed by atoms with Crippen LogP contribution in [-0.4, -0.2) is 36.1 Å². The third-order valence-corrected chi connectivity index (χ3v) is 2.79. The number of carbonyl (C=O) groups excluding carboxylic acids is 1. The highest BCUT2D eigenvalue weighted by Gasteiger charge is 2.29. The molecule has 4 nitrogen and oxygen atoms in total. The van der Waals surface area contributed by atoms with Gasteiger partial charge in [0, 0.05) is 13.0 Å². The second-order valence-electron chi connectivity index (χ2n) is 4.18. The average Bonchev–Trinajstić information content (AvgIpc) is 2.67. The van der Waals surface area contributed by atoms with E-state index in [0.29, 0.717) is 13.0 Å². The van der Waals surface area contributed by atoms with E-state index in [2.05, 4.69) is 10.2 Å². The van der Waals surface area contributed by atoms with Crippen LogP contribution in [0.3, 0.4) is 0 Å². The summed E-state index contributed by atoms with van der Waals surface area (Å²) in [6.07, 6.45) is 2.96. The van der Waals surface area contributed by atoms with Gasteiger partial charge in [-0.3, -0.25) is 9.69 Å². The second-order valence-corrected chi connectivity index (χ2v) is 4.18. The van der Waals surface area contributed by atoms with Crippen LogP contribution in [0.2, 0.25) is 0 Å². The maximum atomic E-state index is 11.1. The van der Waals surface area contributed by atoms with Crippen molar-refractivity contribution in [1.29, 1.82) is 0 Å². The first kappa shape index (κ1) is 18.3. The Hall–Kier alpha value is -0.0300. The van der Waals surface area contributed by atoms with Crippen molar-refractivity contribution in [3.8, 4) is 0 Å². The Morgan fingerprint density at radius 3 is 2.31 bits per heavy atom. The summed E-state index contributed by atoms with van der Waals surface area (Å²) in [5.41, 5.74) is 5.75. The minimum Gasteiger partial charge on any atom is -0.353 e. The highest BCUT2D eigenvalue weighted by atomic mass is 35.5. The summed E-state index contributed by atoms with van der Waals surface area (Å²) in [5, 5.41) is 2.84. The third-order valence-electron chi connectivity index (χ3n) is 2.79. The molecular weight excluding hydrogens is 249 g/mol. The van der Waals surface area contributed by atoms with E-state index in [9.17, 15) is 4.79 Å². The van der Waals surface area contributed by atoms with E-state index < -0.39 is 0 Å². The van der Waals surface area contributed by atoms with Crippen LogP contribution in [0.5, 0.6) is 0 Å². The molecular formula is C10H23Cl2N3O. The summed E-state index contributed by atoms with van der Waals surface area (Å²) in [6.45, 7) is 6.47. The molecule has 1 unspecified atom stereocenters. The Labute approximate surface area is 110 Å². The van der Waals surface area contributed by atoms with Gasteiger partial charge in [0.15, 0.2) is 0 Å². The normalized spacial score (nSPS) is 19.2. The van der Waals surface area contributed by atoms with E-state index in [4.69, 9.17) is 5.73 Å². The van der Waals surface area contributed by atoms with Gasteiger partial charge in [0.25, 0.3) is 0 Å². The summed E-state index contributed by atoms with van der Waals surface area (Å²) >= 11 is 0. The molecule has 0 aromatic heterocycles. The van der Waals surface area contributed by atoms with Crippen LogP contribution in [0.4, 0.5) is 0 Å². The van der Waals surface area contributed by atoms with Crippen molar-refractivity contribution in [2.75, 3.05) is 19.6 Å². The highest BCUT2D eigenvalue weighted by Crippen LogP contribution is 2.15. The number of halogens is 2. The number of amides is 1. The molecule has 0 aromatic rings. The van der Waals surface area contributed by atoms with Gasteiger partial charge < -0.3 is 11.1 Å². The van der Waals surface area contributed by atoms with Gasteiger partial charge in [-0.25, -0.2) is 0 Å². The van der Waals surface area contributed by atoms with E-state index in [1.54, 1.807) is 0 Å². The minimum absolute atomic E-state index is 0. The molecule has 1 amide bonds. The van der Waals surface area contributed by atoms with Crippen molar-refractivity contribution in [1.82, 2.24) is 10.2 Å². The zero-order valence-corrected chi connectivity index (χ0v) is 11.6. The Bertz CT molecular complexity index is 206. The largest absolute Gasteiger partial charge is 0.353 e. The molecule has 1 saturated heterocycles. The fourth-order valence-electron chi connectivity index (χ4n) is 1.74. The number of hydrogen-bond donors (Lipinski definition) is 2. The van der Waals surface area contributed by atoms with Crippen molar-refractivity contribution >= 4 is 30.7 Å². The molecule has 16 heavy (non-hydrogen) atoms. The first-order valence-corrected chi connectivity index (χ1v) is 5.37. The van der Waals surface area contributed by atoms with Crippen LogP contribution < -0.4 is 11.1 Å². The molecule has 1 atom stereocenters. The maximum absolute atomic E-state index is 11.1. The molecule has 1 rings (SSSR count). The summed E-state index contributed by atoms with van der Waals surface area (Å²) in [7, 11) is 0. The fraction of sp³-hybridized carbons (Fsp3) is 0.900. The monoisotopic (exact) mass is 271 g/mol. The molecule has 0 saturated carbocycles. The molecule has 1 fully saturated rings. The Balaban J connectivity index is 0. The molecule has 0 bridgehead atoms. The molecule has 1 aliphatic rings. The number of rotatable bonds is 4. The Morgan fingerprint density at radius 2 is 1.88 bits per heavy atom. The minimum atomic E-state index is -0.388. The summed E-state index contributed by atoms with van der Waals surface area (Å²) in [4.78, 5) is 13.3. The molecule has 3 N–H and O–H groups in total. The van der Waals surface area contributed by atoms with E-state index >= 15 is 0 Å². The number of nitrogens with one attached hydrogen (secondary N) is 1. The predicted octanol–water partition coefficient (Wildman–Crippen LogP) is 1.13. The quantitative estimate of drug-likeness (QED) is 0.806. The molecule has 0 radical (unpaired) electrons. The lowest BCUT2D eigenvalue weighted by Gasteiger charge is -2.35. The third kappa shape index (κ3) is 5.34. The molecule has 0 spiro atoms. The van der Waals surface area contributed by atoms with Gasteiger partial charge >= 0.3 is 0 Å². The van der Waals surface area contributed by atoms with Crippen molar-refractivity contribution in [2.24, 2.45) is 5.73 Å². The zero-order chi connectivity index (χ0) is 10.6. The summed E-state index contributed by atoms with van der Waals surface area (Å²) in [6, 6.07) is 0. The van der Waals surface area contributed by atoms with Crippen LogP contribution in [0.1, 0.15) is 33.1 Å². The van der Waals surface area contributed by atoms with Crippen LogP contribution in [0, 0.1) is 0 Å². The Morgan fingerprint density at radius 1 is 1.38 bits per heavy atom. The second kappa shape index (κ2) is 8.12. The van der Waals surface area contributed by atoms with Crippen molar-refractivity contribution < 1.29 is 4.79 Å².